The zero-order chi connectivity index (χ0) is 17.9. The molecule has 0 aliphatic carbocycles. The molecule has 0 amide bonds. The number of carbonyl (C=O) groups is 1. The van der Waals surface area contributed by atoms with Crippen LogP contribution in [0.15, 0.2) is 66.7 Å². The second-order valence-electron chi connectivity index (χ2n) is 6.07. The molecule has 0 aliphatic rings. The van der Waals surface area contributed by atoms with Crippen LogP contribution in [0.25, 0.3) is 11.1 Å². The molecule has 0 bridgehead atoms. The Morgan fingerprint density at radius 1 is 0.840 bits per heavy atom. The van der Waals surface area contributed by atoms with Gasteiger partial charge in [-0.1, -0.05) is 49.0 Å². The smallest absolute Gasteiger partial charge is 0.333 e. The van der Waals surface area contributed by atoms with E-state index in [0.717, 1.165) is 31.4 Å². The van der Waals surface area contributed by atoms with Crippen LogP contribution in [0, 0.1) is 0 Å². The SMILES string of the molecule is C=C(C)C(=O)OCCCCCCOc1ccc(-c2ccccc2)cc1. The summed E-state index contributed by atoms with van der Waals surface area (Å²) in [5.74, 6) is 0.595. The molecule has 132 valence electrons. The summed E-state index contributed by atoms with van der Waals surface area (Å²) in [7, 11) is 0. The molecule has 0 saturated carbocycles. The Kier molecular flexibility index (Phi) is 7.77. The van der Waals surface area contributed by atoms with Gasteiger partial charge in [-0.25, -0.2) is 4.79 Å². The minimum Gasteiger partial charge on any atom is -0.494 e. The normalized spacial score (nSPS) is 10.3. The number of rotatable bonds is 10. The fourth-order valence-corrected chi connectivity index (χ4v) is 2.41. The molecule has 3 nitrogen and oxygen atoms in total. The molecule has 0 radical (unpaired) electrons. The van der Waals surface area contributed by atoms with Crippen molar-refractivity contribution >= 4 is 5.97 Å². The van der Waals surface area contributed by atoms with Crippen LogP contribution < -0.4 is 4.74 Å². The zero-order valence-electron chi connectivity index (χ0n) is 14.9. The van der Waals surface area contributed by atoms with E-state index in [1.807, 2.05) is 30.3 Å². The Morgan fingerprint density at radius 3 is 2.08 bits per heavy atom. The fourth-order valence-electron chi connectivity index (χ4n) is 2.41. The molecule has 2 aromatic rings. The van der Waals surface area contributed by atoms with Crippen molar-refractivity contribution in [3.63, 3.8) is 0 Å². The van der Waals surface area contributed by atoms with Crippen LogP contribution >= 0.6 is 0 Å². The van der Waals surface area contributed by atoms with Crippen LogP contribution in [0.5, 0.6) is 5.75 Å². The molecule has 3 heteroatoms. The number of benzene rings is 2. The van der Waals surface area contributed by atoms with Gasteiger partial charge >= 0.3 is 5.97 Å². The van der Waals surface area contributed by atoms with Gasteiger partial charge in [0.15, 0.2) is 0 Å². The highest BCUT2D eigenvalue weighted by atomic mass is 16.5. The Labute approximate surface area is 150 Å². The van der Waals surface area contributed by atoms with E-state index in [2.05, 4.69) is 30.8 Å². The molecule has 0 fully saturated rings. The third kappa shape index (κ3) is 6.84. The van der Waals surface area contributed by atoms with Crippen LogP contribution in [0.1, 0.15) is 32.6 Å². The highest BCUT2D eigenvalue weighted by Gasteiger charge is 2.02. The number of hydrogen-bond acceptors (Lipinski definition) is 3. The van der Waals surface area contributed by atoms with Crippen LogP contribution in [-0.2, 0) is 9.53 Å². The topological polar surface area (TPSA) is 35.5 Å². The largest absolute Gasteiger partial charge is 0.494 e. The molecule has 0 N–H and O–H groups in total. The number of hydrogen-bond donors (Lipinski definition) is 0. The van der Waals surface area contributed by atoms with Crippen molar-refractivity contribution < 1.29 is 14.3 Å². The first-order chi connectivity index (χ1) is 12.2. The van der Waals surface area contributed by atoms with Gasteiger partial charge in [-0.2, -0.15) is 0 Å². The van der Waals surface area contributed by atoms with Gasteiger partial charge in [0.25, 0.3) is 0 Å². The van der Waals surface area contributed by atoms with Gasteiger partial charge in [0, 0.05) is 5.57 Å². The van der Waals surface area contributed by atoms with Gasteiger partial charge in [-0.3, -0.25) is 0 Å². The second kappa shape index (κ2) is 10.3. The van der Waals surface area contributed by atoms with Gasteiger partial charge in [0.2, 0.25) is 0 Å². The maximum atomic E-state index is 11.2. The molecular formula is C22H26O3. The standard InChI is InChI=1S/C22H26O3/c1-18(2)22(23)25-17-9-4-3-8-16-24-21-14-12-20(13-15-21)19-10-6-5-7-11-19/h5-7,10-15H,1,3-4,8-9,16-17H2,2H3. The molecule has 0 spiro atoms. The highest BCUT2D eigenvalue weighted by Crippen LogP contribution is 2.22. The van der Waals surface area contributed by atoms with E-state index < -0.39 is 0 Å². The first-order valence-electron chi connectivity index (χ1n) is 8.78. The third-order valence-corrected chi connectivity index (χ3v) is 3.85. The molecule has 0 aliphatic heterocycles. The number of unbranched alkanes of at least 4 members (excludes halogenated alkanes) is 3. The Morgan fingerprint density at radius 2 is 1.44 bits per heavy atom. The van der Waals surface area contributed by atoms with Crippen LogP contribution in [0.3, 0.4) is 0 Å². The van der Waals surface area contributed by atoms with E-state index in [-0.39, 0.29) is 5.97 Å². The van der Waals surface area contributed by atoms with Gasteiger partial charge < -0.3 is 9.47 Å². The lowest BCUT2D eigenvalue weighted by atomic mass is 10.1. The summed E-state index contributed by atoms with van der Waals surface area (Å²) in [4.78, 5) is 11.2. The van der Waals surface area contributed by atoms with Crippen molar-refractivity contribution in [1.82, 2.24) is 0 Å². The Balaban J connectivity index is 1.58. The summed E-state index contributed by atoms with van der Waals surface area (Å²) in [5, 5.41) is 0. The van der Waals surface area contributed by atoms with Gasteiger partial charge in [-0.15, -0.1) is 0 Å². The summed E-state index contributed by atoms with van der Waals surface area (Å²) >= 11 is 0. The van der Waals surface area contributed by atoms with Crippen LogP contribution in [-0.4, -0.2) is 19.2 Å². The molecule has 0 heterocycles. The second-order valence-corrected chi connectivity index (χ2v) is 6.07. The fraction of sp³-hybridized carbons (Fsp3) is 0.318. The highest BCUT2D eigenvalue weighted by molar-refractivity contribution is 5.86. The lowest BCUT2D eigenvalue weighted by Crippen LogP contribution is -2.06. The minimum atomic E-state index is -0.303. The summed E-state index contributed by atoms with van der Waals surface area (Å²) in [6.45, 7) is 6.38. The molecule has 0 atom stereocenters. The van der Waals surface area contributed by atoms with Gasteiger partial charge in [0.05, 0.1) is 13.2 Å². The van der Waals surface area contributed by atoms with E-state index in [1.165, 1.54) is 11.1 Å². The number of esters is 1. The molecule has 0 aromatic heterocycles. The minimum absolute atomic E-state index is 0.303. The van der Waals surface area contributed by atoms with Crippen LogP contribution in [0.2, 0.25) is 0 Å². The summed E-state index contributed by atoms with van der Waals surface area (Å²) < 4.78 is 10.8. The molecule has 2 aromatic carbocycles. The lowest BCUT2D eigenvalue weighted by Gasteiger charge is -2.08. The average Bonchev–Trinajstić information content (AvgIpc) is 2.65. The van der Waals surface area contributed by atoms with E-state index in [4.69, 9.17) is 9.47 Å². The summed E-state index contributed by atoms with van der Waals surface area (Å²) in [6.07, 6.45) is 3.96. The van der Waals surface area contributed by atoms with Gasteiger partial charge in [0.1, 0.15) is 5.75 Å². The van der Waals surface area contributed by atoms with Gasteiger partial charge in [-0.05, 0) is 55.9 Å². The van der Waals surface area contributed by atoms with E-state index in [0.29, 0.717) is 18.8 Å². The third-order valence-electron chi connectivity index (χ3n) is 3.85. The quantitative estimate of drug-likeness (QED) is 0.330. The van der Waals surface area contributed by atoms with E-state index >= 15 is 0 Å². The summed E-state index contributed by atoms with van der Waals surface area (Å²) in [5.41, 5.74) is 2.85. The zero-order valence-corrected chi connectivity index (χ0v) is 14.9. The monoisotopic (exact) mass is 338 g/mol. The van der Waals surface area contributed by atoms with Crippen molar-refractivity contribution in [3.05, 3.63) is 66.7 Å². The Bertz CT molecular complexity index is 659. The maximum absolute atomic E-state index is 11.2. The van der Waals surface area contributed by atoms with Crippen molar-refractivity contribution in [2.24, 2.45) is 0 Å². The molecule has 25 heavy (non-hydrogen) atoms. The first kappa shape index (κ1) is 18.8. The molecular weight excluding hydrogens is 312 g/mol. The number of carbonyl (C=O) groups excluding carboxylic acids is 1. The molecule has 0 unspecified atom stereocenters. The molecule has 2 rings (SSSR count). The first-order valence-corrected chi connectivity index (χ1v) is 8.78. The predicted molar refractivity (Wildman–Crippen MR) is 102 cm³/mol. The van der Waals surface area contributed by atoms with Crippen molar-refractivity contribution in [2.45, 2.75) is 32.6 Å². The maximum Gasteiger partial charge on any atom is 0.333 e. The van der Waals surface area contributed by atoms with Crippen molar-refractivity contribution in [2.75, 3.05) is 13.2 Å². The predicted octanol–water partition coefficient (Wildman–Crippen LogP) is 5.41. The van der Waals surface area contributed by atoms with Crippen molar-refractivity contribution in [1.29, 1.82) is 0 Å². The molecule has 0 saturated heterocycles. The van der Waals surface area contributed by atoms with E-state index in [9.17, 15) is 4.79 Å². The summed E-state index contributed by atoms with van der Waals surface area (Å²) in [6, 6.07) is 18.5. The average molecular weight is 338 g/mol. The van der Waals surface area contributed by atoms with Crippen molar-refractivity contribution in [3.8, 4) is 16.9 Å². The van der Waals surface area contributed by atoms with Crippen LogP contribution in [0.4, 0.5) is 0 Å². The van der Waals surface area contributed by atoms with E-state index in [1.54, 1.807) is 6.92 Å². The number of ether oxygens (including phenoxy) is 2. The Hall–Kier alpha value is -2.55. The lowest BCUT2D eigenvalue weighted by molar-refractivity contribution is -0.139.